The number of nitrogens with zero attached hydrogens (tertiary/aromatic N) is 2. The van der Waals surface area contributed by atoms with Crippen LogP contribution in [0.25, 0.3) is 0 Å². The molecule has 0 spiro atoms. The monoisotopic (exact) mass is 539 g/mol. The maximum Gasteiger partial charge on any atom is 0.332 e. The highest BCUT2D eigenvalue weighted by molar-refractivity contribution is 7.85. The quantitative estimate of drug-likeness (QED) is 0.373. The summed E-state index contributed by atoms with van der Waals surface area (Å²) in [4.78, 5) is 39.0. The maximum atomic E-state index is 13.5. The maximum absolute atomic E-state index is 13.5. The lowest BCUT2D eigenvalue weighted by Crippen LogP contribution is -2.45. The van der Waals surface area contributed by atoms with E-state index in [9.17, 15) is 22.8 Å². The smallest absolute Gasteiger partial charge is 0.332 e. The van der Waals surface area contributed by atoms with Gasteiger partial charge in [0.05, 0.1) is 10.6 Å². The summed E-state index contributed by atoms with van der Waals surface area (Å²) >= 11 is 0. The SMILES string of the molecule is CCCn1c2c(c(=O)n(CCNC(=O)c3ccc(S(=O)(=O)O)cc3)c1=O)NC(C1=C3C4CC1CC3C4)=CN2. The second-order valence-electron chi connectivity index (χ2n) is 10.4. The third-order valence-electron chi connectivity index (χ3n) is 8.12. The van der Waals surface area contributed by atoms with E-state index in [1.54, 1.807) is 4.57 Å². The first kappa shape index (κ1) is 24.7. The molecule has 4 N–H and O–H groups in total. The summed E-state index contributed by atoms with van der Waals surface area (Å²) in [6, 6.07) is 4.80. The van der Waals surface area contributed by atoms with E-state index in [1.807, 2.05) is 13.1 Å². The van der Waals surface area contributed by atoms with Gasteiger partial charge in [-0.05, 0) is 73.3 Å². The fraction of sp³-hybridized carbons (Fsp3) is 0.423. The number of rotatable bonds is 8. The number of carbonyl (C=O) groups is 1. The minimum atomic E-state index is -4.36. The van der Waals surface area contributed by atoms with E-state index in [1.165, 1.54) is 42.5 Å². The fourth-order valence-electron chi connectivity index (χ4n) is 6.49. The van der Waals surface area contributed by atoms with Gasteiger partial charge in [-0.15, -0.1) is 0 Å². The molecule has 2 atom stereocenters. The molecule has 2 heterocycles. The molecule has 2 aromatic rings. The van der Waals surface area contributed by atoms with Crippen LogP contribution in [0.4, 0.5) is 11.5 Å². The number of allylic oxidation sites excluding steroid dienone is 2. The molecule has 4 aliphatic rings. The van der Waals surface area contributed by atoms with E-state index in [0.29, 0.717) is 42.2 Å². The summed E-state index contributed by atoms with van der Waals surface area (Å²) in [5.41, 5.74) is 3.37. The van der Waals surface area contributed by atoms with Crippen LogP contribution < -0.4 is 27.2 Å². The summed E-state index contributed by atoms with van der Waals surface area (Å²) in [6.45, 7) is 2.35. The van der Waals surface area contributed by atoms with Crippen LogP contribution in [0.5, 0.6) is 0 Å². The van der Waals surface area contributed by atoms with Crippen molar-refractivity contribution >= 4 is 27.5 Å². The number of benzene rings is 1. The van der Waals surface area contributed by atoms with E-state index >= 15 is 0 Å². The van der Waals surface area contributed by atoms with Crippen LogP contribution >= 0.6 is 0 Å². The van der Waals surface area contributed by atoms with Crippen LogP contribution in [0.15, 0.2) is 61.8 Å². The summed E-state index contributed by atoms with van der Waals surface area (Å²) in [7, 11) is -4.36. The lowest BCUT2D eigenvalue weighted by atomic mass is 9.65. The van der Waals surface area contributed by atoms with Crippen LogP contribution in [-0.2, 0) is 23.2 Å². The van der Waals surface area contributed by atoms with Crippen molar-refractivity contribution in [2.75, 3.05) is 17.2 Å². The number of amides is 1. The Balaban J connectivity index is 1.22. The second kappa shape index (κ2) is 8.98. The molecule has 11 nitrogen and oxygen atoms in total. The Labute approximate surface area is 219 Å². The molecule has 1 saturated carbocycles. The molecule has 6 rings (SSSR count). The number of hydrogen-bond donors (Lipinski definition) is 4. The van der Waals surface area contributed by atoms with Gasteiger partial charge in [-0.25, -0.2) is 4.79 Å². The lowest BCUT2D eigenvalue weighted by Gasteiger charge is -2.39. The highest BCUT2D eigenvalue weighted by Crippen LogP contribution is 2.64. The Morgan fingerprint density at radius 3 is 2.34 bits per heavy atom. The Hall–Kier alpha value is -3.64. The average Bonchev–Trinajstić information content (AvgIpc) is 3.34. The van der Waals surface area contributed by atoms with Gasteiger partial charge in [0.25, 0.3) is 21.6 Å². The zero-order valence-electron chi connectivity index (χ0n) is 20.9. The molecule has 1 fully saturated rings. The van der Waals surface area contributed by atoms with Gasteiger partial charge in [0.15, 0.2) is 0 Å². The first-order valence-corrected chi connectivity index (χ1v) is 14.3. The van der Waals surface area contributed by atoms with Gasteiger partial charge in [0, 0.05) is 31.4 Å². The first-order valence-electron chi connectivity index (χ1n) is 12.9. The molecule has 0 saturated heterocycles. The lowest BCUT2D eigenvalue weighted by molar-refractivity contribution is 0.0952. The zero-order chi connectivity index (χ0) is 26.8. The second-order valence-corrected chi connectivity index (χ2v) is 11.8. The minimum Gasteiger partial charge on any atom is -0.350 e. The number of nitrogens with one attached hydrogen (secondary N) is 3. The first-order chi connectivity index (χ1) is 18.2. The molecule has 2 unspecified atom stereocenters. The normalized spacial score (nSPS) is 22.8. The summed E-state index contributed by atoms with van der Waals surface area (Å²) < 4.78 is 34.2. The van der Waals surface area contributed by atoms with Crippen LogP contribution in [-0.4, -0.2) is 34.6 Å². The largest absolute Gasteiger partial charge is 0.350 e. The Bertz CT molecular complexity index is 1620. The molecule has 1 aromatic carbocycles. The molecular formula is C26H29N5O6S. The third kappa shape index (κ3) is 3.90. The molecule has 200 valence electrons. The van der Waals surface area contributed by atoms with Crippen molar-refractivity contribution in [1.82, 2.24) is 14.5 Å². The minimum absolute atomic E-state index is 0.00972. The van der Waals surface area contributed by atoms with E-state index in [4.69, 9.17) is 4.55 Å². The van der Waals surface area contributed by atoms with E-state index in [0.717, 1.165) is 22.4 Å². The zero-order valence-corrected chi connectivity index (χ0v) is 21.7. The third-order valence-corrected chi connectivity index (χ3v) is 8.99. The van der Waals surface area contributed by atoms with Crippen molar-refractivity contribution in [3.8, 4) is 0 Å². The average molecular weight is 540 g/mol. The van der Waals surface area contributed by atoms with Crippen LogP contribution in [0, 0.1) is 17.8 Å². The Kier molecular flexibility index (Phi) is 5.84. The Morgan fingerprint density at radius 2 is 1.74 bits per heavy atom. The van der Waals surface area contributed by atoms with Gasteiger partial charge in [-0.3, -0.25) is 23.3 Å². The predicted molar refractivity (Wildman–Crippen MR) is 141 cm³/mol. The van der Waals surface area contributed by atoms with Gasteiger partial charge >= 0.3 is 5.69 Å². The van der Waals surface area contributed by atoms with E-state index < -0.39 is 27.3 Å². The summed E-state index contributed by atoms with van der Waals surface area (Å²) in [5.74, 6) is 1.83. The summed E-state index contributed by atoms with van der Waals surface area (Å²) in [6.07, 6.45) is 6.21. The number of hydrogen-bond acceptors (Lipinski definition) is 7. The van der Waals surface area contributed by atoms with E-state index in [-0.39, 0.29) is 23.5 Å². The van der Waals surface area contributed by atoms with Crippen molar-refractivity contribution in [3.05, 3.63) is 73.7 Å². The van der Waals surface area contributed by atoms with Crippen molar-refractivity contribution in [2.45, 2.75) is 50.6 Å². The van der Waals surface area contributed by atoms with Crippen LogP contribution in [0.3, 0.4) is 0 Å². The van der Waals surface area contributed by atoms with Gasteiger partial charge in [0.2, 0.25) is 0 Å². The van der Waals surface area contributed by atoms with Gasteiger partial charge < -0.3 is 16.0 Å². The molecular weight excluding hydrogens is 510 g/mol. The molecule has 38 heavy (non-hydrogen) atoms. The van der Waals surface area contributed by atoms with Gasteiger partial charge in [-0.1, -0.05) is 12.5 Å². The number of fused-ring (bicyclic) bond motifs is 2. The molecule has 1 aromatic heterocycles. The number of carbonyl (C=O) groups excluding carboxylic acids is 1. The summed E-state index contributed by atoms with van der Waals surface area (Å²) in [5, 5.41) is 9.23. The highest BCUT2D eigenvalue weighted by atomic mass is 32.2. The fourth-order valence-corrected chi connectivity index (χ4v) is 6.97. The molecule has 3 aliphatic carbocycles. The molecule has 2 bridgehead atoms. The van der Waals surface area contributed by atoms with Crippen molar-refractivity contribution in [3.63, 3.8) is 0 Å². The number of anilines is 2. The van der Waals surface area contributed by atoms with Crippen molar-refractivity contribution < 1.29 is 17.8 Å². The van der Waals surface area contributed by atoms with E-state index in [2.05, 4.69) is 16.0 Å². The standard InChI is InChI=1S/C26H29N5O6S/c1-2-8-30-23-22(29-19(13-28-23)21-17-11-15-10-16(12-17)20(15)21)25(33)31(26(30)34)9-7-27-24(32)14-3-5-18(6-4-14)38(35,36)37/h3-6,13,15-17,28-29H,2,7-12H2,1H3,(H,27,32)(H,35,36,37). The predicted octanol–water partition coefficient (Wildman–Crippen LogP) is 2.13. The van der Waals surface area contributed by atoms with Crippen LogP contribution in [0.1, 0.15) is 43.0 Å². The molecule has 0 radical (unpaired) electrons. The van der Waals surface area contributed by atoms with Crippen molar-refractivity contribution in [2.24, 2.45) is 17.8 Å². The van der Waals surface area contributed by atoms with Crippen LogP contribution in [0.2, 0.25) is 0 Å². The van der Waals surface area contributed by atoms with Gasteiger partial charge in [0.1, 0.15) is 11.5 Å². The molecule has 1 amide bonds. The molecule has 1 aliphatic heterocycles. The van der Waals surface area contributed by atoms with Gasteiger partial charge in [-0.2, -0.15) is 8.42 Å². The Morgan fingerprint density at radius 1 is 1.05 bits per heavy atom. The van der Waals surface area contributed by atoms with Crippen molar-refractivity contribution in [1.29, 1.82) is 0 Å². The number of aromatic nitrogens is 2. The topological polar surface area (TPSA) is 152 Å². The highest BCUT2D eigenvalue weighted by Gasteiger charge is 2.53. The molecule has 12 heteroatoms.